The molecule has 0 fully saturated rings. The van der Waals surface area contributed by atoms with Crippen molar-refractivity contribution >= 4 is 0 Å². The van der Waals surface area contributed by atoms with Gasteiger partial charge in [-0.05, 0) is 26.4 Å². The zero-order chi connectivity index (χ0) is 8.15. The van der Waals surface area contributed by atoms with Gasteiger partial charge in [0.25, 0.3) is 0 Å². The lowest BCUT2D eigenvalue weighted by atomic mass is 10.0. The van der Waals surface area contributed by atoms with Crippen LogP contribution in [0.4, 0.5) is 0 Å². The molecule has 0 spiro atoms. The van der Waals surface area contributed by atoms with E-state index in [9.17, 15) is 5.11 Å². The van der Waals surface area contributed by atoms with E-state index in [0.29, 0.717) is 5.92 Å². The first-order valence-electron chi connectivity index (χ1n) is 3.90. The van der Waals surface area contributed by atoms with Gasteiger partial charge in [-0.15, -0.1) is 0 Å². The van der Waals surface area contributed by atoms with Gasteiger partial charge in [0.05, 0.1) is 6.10 Å². The van der Waals surface area contributed by atoms with Crippen molar-refractivity contribution in [1.29, 1.82) is 0 Å². The Kier molecular flexibility index (Phi) is 4.65. The molecule has 0 saturated heterocycles. The number of hydrogen-bond acceptors (Lipinski definition) is 2. The average molecular weight is 145 g/mol. The third kappa shape index (κ3) is 3.85. The number of rotatable bonds is 4. The van der Waals surface area contributed by atoms with E-state index < -0.39 is 0 Å². The van der Waals surface area contributed by atoms with E-state index in [-0.39, 0.29) is 6.10 Å². The summed E-state index contributed by atoms with van der Waals surface area (Å²) in [6, 6.07) is 0. The Hall–Kier alpha value is -0.0800. The van der Waals surface area contributed by atoms with Crippen LogP contribution in [0.1, 0.15) is 20.3 Å². The fourth-order valence-corrected chi connectivity index (χ4v) is 1.10. The minimum Gasteiger partial charge on any atom is -0.393 e. The lowest BCUT2D eigenvalue weighted by Crippen LogP contribution is -2.28. The second-order valence-corrected chi connectivity index (χ2v) is 3.22. The van der Waals surface area contributed by atoms with E-state index in [1.165, 1.54) is 0 Å². The summed E-state index contributed by atoms with van der Waals surface area (Å²) in [7, 11) is 4.05. The number of hydrogen-bond donors (Lipinski definition) is 1. The van der Waals surface area contributed by atoms with Crippen LogP contribution >= 0.6 is 0 Å². The maximum Gasteiger partial charge on any atom is 0.0575 e. The maximum atomic E-state index is 9.35. The van der Waals surface area contributed by atoms with Crippen molar-refractivity contribution in [2.45, 2.75) is 26.4 Å². The molecule has 1 unspecified atom stereocenters. The maximum absolute atomic E-state index is 9.35. The summed E-state index contributed by atoms with van der Waals surface area (Å²) in [4.78, 5) is 2.10. The highest BCUT2D eigenvalue weighted by Gasteiger charge is 2.11. The number of aliphatic hydroxyl groups is 1. The van der Waals surface area contributed by atoms with Crippen molar-refractivity contribution < 1.29 is 5.11 Å². The molecular formula is C8H19NO. The number of nitrogens with zero attached hydrogens (tertiary/aromatic N) is 1. The fraction of sp³-hybridized carbons (Fsp3) is 1.00. The van der Waals surface area contributed by atoms with Gasteiger partial charge >= 0.3 is 0 Å². The molecule has 0 aliphatic carbocycles. The van der Waals surface area contributed by atoms with Gasteiger partial charge in [-0.25, -0.2) is 0 Å². The van der Waals surface area contributed by atoms with Gasteiger partial charge in [0.2, 0.25) is 0 Å². The summed E-state index contributed by atoms with van der Waals surface area (Å²) in [5, 5.41) is 9.35. The Morgan fingerprint density at radius 3 is 2.20 bits per heavy atom. The highest BCUT2D eigenvalue weighted by atomic mass is 16.3. The third-order valence-electron chi connectivity index (χ3n) is 1.73. The molecule has 0 aromatic rings. The highest BCUT2D eigenvalue weighted by Crippen LogP contribution is 2.06. The van der Waals surface area contributed by atoms with Crippen LogP contribution in [-0.2, 0) is 0 Å². The largest absolute Gasteiger partial charge is 0.393 e. The van der Waals surface area contributed by atoms with Crippen molar-refractivity contribution in [3.8, 4) is 0 Å². The first kappa shape index (κ1) is 9.92. The molecule has 2 atom stereocenters. The number of aliphatic hydroxyl groups excluding tert-OH is 1. The quantitative estimate of drug-likeness (QED) is 0.637. The zero-order valence-corrected chi connectivity index (χ0v) is 7.46. The van der Waals surface area contributed by atoms with Crippen molar-refractivity contribution in [2.24, 2.45) is 5.92 Å². The summed E-state index contributed by atoms with van der Waals surface area (Å²) >= 11 is 0. The molecule has 0 aliphatic rings. The molecular weight excluding hydrogens is 126 g/mol. The smallest absolute Gasteiger partial charge is 0.0575 e. The third-order valence-corrected chi connectivity index (χ3v) is 1.73. The van der Waals surface area contributed by atoms with Gasteiger partial charge in [0.15, 0.2) is 0 Å². The Morgan fingerprint density at radius 2 is 1.90 bits per heavy atom. The molecule has 10 heavy (non-hydrogen) atoms. The minimum atomic E-state index is -0.137. The van der Waals surface area contributed by atoms with Gasteiger partial charge in [0.1, 0.15) is 0 Å². The monoisotopic (exact) mass is 145 g/mol. The molecule has 0 aromatic carbocycles. The summed E-state index contributed by atoms with van der Waals surface area (Å²) in [5.41, 5.74) is 0. The van der Waals surface area contributed by atoms with Crippen LogP contribution in [0.2, 0.25) is 0 Å². The second kappa shape index (κ2) is 4.69. The molecule has 0 amide bonds. The molecule has 1 N–H and O–H groups in total. The topological polar surface area (TPSA) is 23.5 Å². The van der Waals surface area contributed by atoms with Crippen LogP contribution in [-0.4, -0.2) is 36.8 Å². The van der Waals surface area contributed by atoms with Crippen LogP contribution in [0, 0.1) is 5.92 Å². The van der Waals surface area contributed by atoms with Gasteiger partial charge in [-0.3, -0.25) is 0 Å². The van der Waals surface area contributed by atoms with E-state index in [4.69, 9.17) is 0 Å². The lowest BCUT2D eigenvalue weighted by molar-refractivity contribution is 0.0964. The standard InChI is InChI=1S/C8H19NO/c1-5-8(10)7(2)6-9(3)4/h7-8,10H,5-6H2,1-4H3/t7-,8?/m1/s1. The first-order chi connectivity index (χ1) is 4.57. The van der Waals surface area contributed by atoms with Gasteiger partial charge in [-0.2, -0.15) is 0 Å². The van der Waals surface area contributed by atoms with E-state index in [1.807, 2.05) is 21.0 Å². The summed E-state index contributed by atoms with van der Waals surface area (Å²) in [6.07, 6.45) is 0.719. The van der Waals surface area contributed by atoms with E-state index in [1.54, 1.807) is 0 Å². The van der Waals surface area contributed by atoms with Crippen molar-refractivity contribution in [2.75, 3.05) is 20.6 Å². The highest BCUT2D eigenvalue weighted by molar-refractivity contribution is 4.64. The molecule has 0 aromatic heterocycles. The second-order valence-electron chi connectivity index (χ2n) is 3.22. The Bertz CT molecular complexity index is 83.3. The van der Waals surface area contributed by atoms with Crippen LogP contribution in [0.25, 0.3) is 0 Å². The predicted octanol–water partition coefficient (Wildman–Crippen LogP) is 0.955. The lowest BCUT2D eigenvalue weighted by Gasteiger charge is -2.20. The normalized spacial score (nSPS) is 17.4. The van der Waals surface area contributed by atoms with Gasteiger partial charge < -0.3 is 10.0 Å². The molecule has 2 nitrogen and oxygen atoms in total. The van der Waals surface area contributed by atoms with Gasteiger partial charge in [0, 0.05) is 6.54 Å². The predicted molar refractivity (Wildman–Crippen MR) is 44.0 cm³/mol. The first-order valence-corrected chi connectivity index (χ1v) is 3.90. The van der Waals surface area contributed by atoms with Gasteiger partial charge in [-0.1, -0.05) is 13.8 Å². The molecule has 0 bridgehead atoms. The zero-order valence-electron chi connectivity index (χ0n) is 7.46. The van der Waals surface area contributed by atoms with Crippen LogP contribution in [0.5, 0.6) is 0 Å². The molecule has 0 saturated carbocycles. The summed E-state index contributed by atoms with van der Waals surface area (Å²) < 4.78 is 0. The molecule has 0 radical (unpaired) electrons. The Morgan fingerprint density at radius 1 is 1.40 bits per heavy atom. The Labute approximate surface area is 63.8 Å². The Balaban J connectivity index is 3.50. The molecule has 0 rings (SSSR count). The van der Waals surface area contributed by atoms with Crippen molar-refractivity contribution in [1.82, 2.24) is 4.90 Å². The van der Waals surface area contributed by atoms with Crippen LogP contribution < -0.4 is 0 Å². The summed E-state index contributed by atoms with van der Waals surface area (Å²) in [5.74, 6) is 0.389. The van der Waals surface area contributed by atoms with Crippen LogP contribution in [0.15, 0.2) is 0 Å². The SMILES string of the molecule is CCC(O)[C@H](C)CN(C)C. The van der Waals surface area contributed by atoms with Crippen LogP contribution in [0.3, 0.4) is 0 Å². The molecule has 2 heteroatoms. The summed E-state index contributed by atoms with van der Waals surface area (Å²) in [6.45, 7) is 5.06. The molecule has 0 heterocycles. The minimum absolute atomic E-state index is 0.137. The fourth-order valence-electron chi connectivity index (χ4n) is 1.10. The van der Waals surface area contributed by atoms with E-state index in [0.717, 1.165) is 13.0 Å². The van der Waals surface area contributed by atoms with Crippen molar-refractivity contribution in [3.05, 3.63) is 0 Å². The molecule has 62 valence electrons. The van der Waals surface area contributed by atoms with E-state index >= 15 is 0 Å². The molecule has 0 aliphatic heterocycles. The average Bonchev–Trinajstić information content (AvgIpc) is 1.85. The van der Waals surface area contributed by atoms with Crippen molar-refractivity contribution in [3.63, 3.8) is 0 Å². The van der Waals surface area contributed by atoms with E-state index in [2.05, 4.69) is 11.8 Å².